The van der Waals surface area contributed by atoms with Crippen LogP contribution >= 0.6 is 0 Å². The van der Waals surface area contributed by atoms with Crippen LogP contribution in [0.3, 0.4) is 0 Å². The van der Waals surface area contributed by atoms with Crippen LogP contribution in [-0.2, 0) is 4.79 Å². The maximum Gasteiger partial charge on any atom is 0.276 e. The molecule has 0 saturated carbocycles. The first-order valence-corrected chi connectivity index (χ1v) is 9.05. The van der Waals surface area contributed by atoms with Crippen LogP contribution in [0.4, 0.5) is 0 Å². The Morgan fingerprint density at radius 2 is 1.78 bits per heavy atom. The van der Waals surface area contributed by atoms with Crippen molar-refractivity contribution in [3.05, 3.63) is 59.7 Å². The number of hydrogen-bond acceptors (Lipinski definition) is 4. The third-order valence-corrected chi connectivity index (χ3v) is 3.78. The van der Waals surface area contributed by atoms with E-state index in [0.29, 0.717) is 23.7 Å². The zero-order chi connectivity index (χ0) is 19.6. The SMILES string of the molecule is CCCOc1cccc(C(=O)NNC(=O)COc2ccccc2C(C)C)c1. The number of nitrogens with one attached hydrogen (secondary N) is 2. The Hall–Kier alpha value is -3.02. The molecule has 0 saturated heterocycles. The minimum atomic E-state index is -0.444. The molecule has 6 heteroatoms. The van der Waals surface area contributed by atoms with Crippen LogP contribution < -0.4 is 20.3 Å². The van der Waals surface area contributed by atoms with E-state index in [1.54, 1.807) is 24.3 Å². The summed E-state index contributed by atoms with van der Waals surface area (Å²) in [6, 6.07) is 14.4. The molecule has 6 nitrogen and oxygen atoms in total. The number of amides is 2. The first-order chi connectivity index (χ1) is 13.0. The highest BCUT2D eigenvalue weighted by Gasteiger charge is 2.11. The molecule has 0 fully saturated rings. The molecule has 0 aliphatic rings. The van der Waals surface area contributed by atoms with E-state index in [1.165, 1.54) is 0 Å². The zero-order valence-electron chi connectivity index (χ0n) is 16.0. The third-order valence-electron chi connectivity index (χ3n) is 3.78. The summed E-state index contributed by atoms with van der Waals surface area (Å²) >= 11 is 0. The molecule has 2 N–H and O–H groups in total. The average molecular weight is 370 g/mol. The molecule has 27 heavy (non-hydrogen) atoms. The van der Waals surface area contributed by atoms with Gasteiger partial charge >= 0.3 is 0 Å². The molecule has 2 aromatic carbocycles. The zero-order valence-corrected chi connectivity index (χ0v) is 16.0. The van der Waals surface area contributed by atoms with Crippen molar-refractivity contribution in [3.8, 4) is 11.5 Å². The molecule has 0 heterocycles. The van der Waals surface area contributed by atoms with Gasteiger partial charge in [0, 0.05) is 5.56 Å². The minimum Gasteiger partial charge on any atom is -0.494 e. The van der Waals surface area contributed by atoms with Crippen LogP contribution in [0.15, 0.2) is 48.5 Å². The van der Waals surface area contributed by atoms with Crippen molar-refractivity contribution < 1.29 is 19.1 Å². The van der Waals surface area contributed by atoms with Gasteiger partial charge in [0.05, 0.1) is 6.61 Å². The summed E-state index contributed by atoms with van der Waals surface area (Å²) in [5.41, 5.74) is 6.16. The van der Waals surface area contributed by atoms with Crippen molar-refractivity contribution in [2.45, 2.75) is 33.1 Å². The van der Waals surface area contributed by atoms with E-state index in [9.17, 15) is 9.59 Å². The van der Waals surface area contributed by atoms with Crippen molar-refractivity contribution in [2.24, 2.45) is 0 Å². The third kappa shape index (κ3) is 6.33. The average Bonchev–Trinajstić information content (AvgIpc) is 2.69. The van der Waals surface area contributed by atoms with E-state index >= 15 is 0 Å². The number of carbonyl (C=O) groups excluding carboxylic acids is 2. The molecule has 0 radical (unpaired) electrons. The lowest BCUT2D eigenvalue weighted by Gasteiger charge is -2.14. The van der Waals surface area contributed by atoms with E-state index in [1.807, 2.05) is 31.2 Å². The number of rotatable bonds is 8. The Morgan fingerprint density at radius 3 is 2.52 bits per heavy atom. The maximum absolute atomic E-state index is 12.2. The van der Waals surface area contributed by atoms with Crippen molar-refractivity contribution in [2.75, 3.05) is 13.2 Å². The van der Waals surface area contributed by atoms with Crippen LogP contribution in [0.2, 0.25) is 0 Å². The Balaban J connectivity index is 1.84. The lowest BCUT2D eigenvalue weighted by Crippen LogP contribution is -2.43. The number of hydrogen-bond donors (Lipinski definition) is 2. The molecular weight excluding hydrogens is 344 g/mol. The van der Waals surface area contributed by atoms with Crippen LogP contribution in [0.5, 0.6) is 11.5 Å². The van der Waals surface area contributed by atoms with Crippen molar-refractivity contribution >= 4 is 11.8 Å². The van der Waals surface area contributed by atoms with Gasteiger partial charge in [-0.25, -0.2) is 0 Å². The van der Waals surface area contributed by atoms with Gasteiger partial charge in [0.1, 0.15) is 11.5 Å². The summed E-state index contributed by atoms with van der Waals surface area (Å²) < 4.78 is 11.1. The molecule has 0 aliphatic carbocycles. The highest BCUT2D eigenvalue weighted by molar-refractivity contribution is 5.95. The van der Waals surface area contributed by atoms with Gasteiger partial charge in [-0.2, -0.15) is 0 Å². The topological polar surface area (TPSA) is 76.7 Å². The molecule has 0 aliphatic heterocycles. The Kier molecular flexibility index (Phi) is 7.67. The van der Waals surface area contributed by atoms with Gasteiger partial charge in [-0.3, -0.25) is 20.4 Å². The highest BCUT2D eigenvalue weighted by atomic mass is 16.5. The van der Waals surface area contributed by atoms with Crippen LogP contribution in [0, 0.1) is 0 Å². The second-order valence-electron chi connectivity index (χ2n) is 6.36. The Labute approximate surface area is 159 Å². The number of para-hydroxylation sites is 1. The van der Waals surface area contributed by atoms with E-state index in [-0.39, 0.29) is 12.5 Å². The summed E-state index contributed by atoms with van der Waals surface area (Å²) in [6.45, 7) is 6.51. The van der Waals surface area contributed by atoms with Gasteiger partial charge in [-0.15, -0.1) is 0 Å². The summed E-state index contributed by atoms with van der Waals surface area (Å²) in [5, 5.41) is 0. The lowest BCUT2D eigenvalue weighted by molar-refractivity contribution is -0.123. The quantitative estimate of drug-likeness (QED) is 0.698. The predicted molar refractivity (Wildman–Crippen MR) is 104 cm³/mol. The lowest BCUT2D eigenvalue weighted by atomic mass is 10.0. The number of ether oxygens (including phenoxy) is 2. The number of carbonyl (C=O) groups is 2. The van der Waals surface area contributed by atoms with Gasteiger partial charge < -0.3 is 9.47 Å². The van der Waals surface area contributed by atoms with Crippen LogP contribution in [0.25, 0.3) is 0 Å². The molecule has 2 amide bonds. The highest BCUT2D eigenvalue weighted by Crippen LogP contribution is 2.25. The van der Waals surface area contributed by atoms with Gasteiger partial charge in [-0.1, -0.05) is 45.0 Å². The van der Waals surface area contributed by atoms with E-state index in [4.69, 9.17) is 9.47 Å². The van der Waals surface area contributed by atoms with E-state index in [2.05, 4.69) is 24.7 Å². The fraction of sp³-hybridized carbons (Fsp3) is 0.333. The van der Waals surface area contributed by atoms with Gasteiger partial charge in [0.2, 0.25) is 0 Å². The minimum absolute atomic E-state index is 0.191. The summed E-state index contributed by atoms with van der Waals surface area (Å²) in [5.74, 6) is 0.693. The Bertz CT molecular complexity index is 774. The smallest absolute Gasteiger partial charge is 0.276 e. The molecular formula is C21H26N2O4. The number of benzene rings is 2. The van der Waals surface area contributed by atoms with Gasteiger partial charge in [0.15, 0.2) is 6.61 Å². The van der Waals surface area contributed by atoms with Crippen LogP contribution in [-0.4, -0.2) is 25.0 Å². The van der Waals surface area contributed by atoms with Crippen molar-refractivity contribution in [1.82, 2.24) is 10.9 Å². The Morgan fingerprint density at radius 1 is 1.00 bits per heavy atom. The van der Waals surface area contributed by atoms with Gasteiger partial charge in [-0.05, 0) is 42.2 Å². The second kappa shape index (κ2) is 10.2. The largest absolute Gasteiger partial charge is 0.494 e. The first kappa shape index (κ1) is 20.3. The van der Waals surface area contributed by atoms with Crippen LogP contribution in [0.1, 0.15) is 49.0 Å². The second-order valence-corrected chi connectivity index (χ2v) is 6.36. The summed E-state index contributed by atoms with van der Waals surface area (Å²) in [4.78, 5) is 24.1. The number of hydrazine groups is 1. The first-order valence-electron chi connectivity index (χ1n) is 9.05. The molecule has 0 bridgehead atoms. The van der Waals surface area contributed by atoms with Gasteiger partial charge in [0.25, 0.3) is 11.8 Å². The molecule has 2 aromatic rings. The monoisotopic (exact) mass is 370 g/mol. The predicted octanol–water partition coefficient (Wildman–Crippen LogP) is 3.44. The summed E-state index contributed by atoms with van der Waals surface area (Å²) in [7, 11) is 0. The van der Waals surface area contributed by atoms with E-state index in [0.717, 1.165) is 12.0 Å². The fourth-order valence-electron chi connectivity index (χ4n) is 2.41. The molecule has 0 atom stereocenters. The molecule has 144 valence electrons. The summed E-state index contributed by atoms with van der Waals surface area (Å²) in [6.07, 6.45) is 0.881. The van der Waals surface area contributed by atoms with Crippen molar-refractivity contribution in [1.29, 1.82) is 0 Å². The maximum atomic E-state index is 12.2. The molecule has 0 unspecified atom stereocenters. The molecule has 2 rings (SSSR count). The fourth-order valence-corrected chi connectivity index (χ4v) is 2.41. The van der Waals surface area contributed by atoms with E-state index < -0.39 is 11.8 Å². The normalized spacial score (nSPS) is 10.4. The van der Waals surface area contributed by atoms with Crippen molar-refractivity contribution in [3.63, 3.8) is 0 Å². The molecule has 0 aromatic heterocycles. The standard InChI is InChI=1S/C21H26N2O4/c1-4-12-26-17-9-7-8-16(13-17)21(25)23-22-20(24)14-27-19-11-6-5-10-18(19)15(2)3/h5-11,13,15H,4,12,14H2,1-3H3,(H,22,24)(H,23,25). The molecule has 0 spiro atoms.